The fourth-order valence-electron chi connectivity index (χ4n) is 4.19. The predicted molar refractivity (Wildman–Crippen MR) is 149 cm³/mol. The molecule has 2 aromatic rings. The van der Waals surface area contributed by atoms with E-state index in [0.29, 0.717) is 41.0 Å². The molecule has 1 aliphatic rings. The molecule has 0 saturated carbocycles. The molecule has 0 radical (unpaired) electrons. The number of nitrogens with one attached hydrogen (secondary N) is 1. The lowest BCUT2D eigenvalue weighted by Crippen LogP contribution is -2.37. The Morgan fingerprint density at radius 3 is 2.40 bits per heavy atom. The van der Waals surface area contributed by atoms with Crippen molar-refractivity contribution in [3.8, 4) is 0 Å². The Morgan fingerprint density at radius 1 is 1.06 bits per heavy atom. The highest BCUT2D eigenvalue weighted by Crippen LogP contribution is 2.22. The van der Waals surface area contributed by atoms with E-state index in [2.05, 4.69) is 54.4 Å². The quantitative estimate of drug-likeness (QED) is 0.369. The molecule has 35 heavy (non-hydrogen) atoms. The molecule has 2 atom stereocenters. The van der Waals surface area contributed by atoms with Crippen molar-refractivity contribution in [2.24, 2.45) is 17.4 Å². The van der Waals surface area contributed by atoms with Crippen LogP contribution in [0.15, 0.2) is 48.5 Å². The summed E-state index contributed by atoms with van der Waals surface area (Å²) in [6.45, 7) is 7.65. The second-order valence-electron chi connectivity index (χ2n) is 9.76. The number of rotatable bonds is 11. The zero-order valence-corrected chi connectivity index (χ0v) is 22.7. The van der Waals surface area contributed by atoms with E-state index in [-0.39, 0.29) is 5.91 Å². The van der Waals surface area contributed by atoms with Crippen LogP contribution in [0.3, 0.4) is 0 Å². The zero-order chi connectivity index (χ0) is 25.6. The maximum atomic E-state index is 11.5. The first-order valence-corrected chi connectivity index (χ1v) is 13.5. The molecule has 2 unspecified atom stereocenters. The highest BCUT2D eigenvalue weighted by molar-refractivity contribution is 6.42. The number of halogens is 2. The van der Waals surface area contributed by atoms with Crippen molar-refractivity contribution in [3.05, 3.63) is 69.7 Å². The molecule has 194 valence electrons. The van der Waals surface area contributed by atoms with Crippen LogP contribution in [0.25, 0.3) is 0 Å². The third kappa shape index (κ3) is 11.8. The minimum Gasteiger partial charge on any atom is -0.352 e. The number of hydrogen-bond acceptors (Lipinski definition) is 4. The van der Waals surface area contributed by atoms with Gasteiger partial charge < -0.3 is 16.8 Å². The van der Waals surface area contributed by atoms with Gasteiger partial charge in [-0.05, 0) is 67.8 Å². The molecule has 1 fully saturated rings. The SMILES string of the molecule is CC(C)CCC(=O)NCc1ccc(Cl)c(Cl)c1.NCCC(CCc1ccccc1)N1CCC(N)C1. The van der Waals surface area contributed by atoms with Crippen molar-refractivity contribution in [1.82, 2.24) is 10.2 Å². The number of carbonyl (C=O) groups is 1. The summed E-state index contributed by atoms with van der Waals surface area (Å²) in [4.78, 5) is 14.0. The van der Waals surface area contributed by atoms with Gasteiger partial charge in [-0.1, -0.05) is 73.4 Å². The van der Waals surface area contributed by atoms with Crippen molar-refractivity contribution in [2.45, 2.75) is 71.0 Å². The van der Waals surface area contributed by atoms with Crippen LogP contribution >= 0.6 is 23.2 Å². The Bertz CT molecular complexity index is 879. The van der Waals surface area contributed by atoms with E-state index >= 15 is 0 Å². The molecule has 5 nitrogen and oxygen atoms in total. The molecular weight excluding hydrogens is 479 g/mol. The summed E-state index contributed by atoms with van der Waals surface area (Å²) < 4.78 is 0. The normalized spacial score (nSPS) is 16.6. The van der Waals surface area contributed by atoms with Crippen LogP contribution in [0, 0.1) is 5.92 Å². The van der Waals surface area contributed by atoms with Crippen LogP contribution in [0.5, 0.6) is 0 Å². The molecule has 0 bridgehead atoms. The summed E-state index contributed by atoms with van der Waals surface area (Å²) in [5, 5.41) is 3.90. The lowest BCUT2D eigenvalue weighted by atomic mass is 10.0. The minimum absolute atomic E-state index is 0.0739. The van der Waals surface area contributed by atoms with E-state index in [4.69, 9.17) is 34.7 Å². The van der Waals surface area contributed by atoms with Gasteiger partial charge in [0.25, 0.3) is 0 Å². The Morgan fingerprint density at radius 2 is 1.80 bits per heavy atom. The summed E-state index contributed by atoms with van der Waals surface area (Å²) in [5.41, 5.74) is 14.1. The summed E-state index contributed by atoms with van der Waals surface area (Å²) in [6.07, 6.45) is 6.02. The molecule has 0 spiro atoms. The molecule has 1 heterocycles. The second kappa shape index (κ2) is 16.2. The van der Waals surface area contributed by atoms with E-state index in [1.54, 1.807) is 12.1 Å². The highest BCUT2D eigenvalue weighted by atomic mass is 35.5. The molecular formula is C28H42Cl2N4O. The topological polar surface area (TPSA) is 84.4 Å². The lowest BCUT2D eigenvalue weighted by Gasteiger charge is -2.27. The third-order valence-electron chi connectivity index (χ3n) is 6.30. The number of nitrogens with zero attached hydrogens (tertiary/aromatic N) is 1. The monoisotopic (exact) mass is 520 g/mol. The van der Waals surface area contributed by atoms with Gasteiger partial charge in [0.1, 0.15) is 0 Å². The van der Waals surface area contributed by atoms with Crippen LogP contribution in [0.4, 0.5) is 0 Å². The number of aryl methyl sites for hydroxylation is 1. The van der Waals surface area contributed by atoms with Crippen molar-refractivity contribution < 1.29 is 4.79 Å². The van der Waals surface area contributed by atoms with Gasteiger partial charge in [-0.2, -0.15) is 0 Å². The van der Waals surface area contributed by atoms with Crippen LogP contribution < -0.4 is 16.8 Å². The molecule has 0 aliphatic carbocycles. The molecule has 2 aromatic carbocycles. The zero-order valence-electron chi connectivity index (χ0n) is 21.2. The van der Waals surface area contributed by atoms with Gasteiger partial charge in [0.05, 0.1) is 10.0 Å². The Labute approximate surface area is 221 Å². The fourth-order valence-corrected chi connectivity index (χ4v) is 4.51. The lowest BCUT2D eigenvalue weighted by molar-refractivity contribution is -0.121. The largest absolute Gasteiger partial charge is 0.352 e. The van der Waals surface area contributed by atoms with Crippen LogP contribution in [0.2, 0.25) is 10.0 Å². The molecule has 7 heteroatoms. The maximum absolute atomic E-state index is 11.5. The summed E-state index contributed by atoms with van der Waals surface area (Å²) in [6, 6.07) is 17.0. The first-order valence-electron chi connectivity index (χ1n) is 12.7. The number of carbonyl (C=O) groups excluding carboxylic acids is 1. The highest BCUT2D eigenvalue weighted by Gasteiger charge is 2.25. The van der Waals surface area contributed by atoms with Gasteiger partial charge in [0.2, 0.25) is 5.91 Å². The van der Waals surface area contributed by atoms with Crippen LogP contribution in [-0.4, -0.2) is 42.5 Å². The first kappa shape index (κ1) is 29.6. The van der Waals surface area contributed by atoms with Crippen LogP contribution in [-0.2, 0) is 17.8 Å². The fraction of sp³-hybridized carbons (Fsp3) is 0.536. The maximum Gasteiger partial charge on any atom is 0.220 e. The molecule has 1 aliphatic heterocycles. The second-order valence-corrected chi connectivity index (χ2v) is 10.6. The van der Waals surface area contributed by atoms with Crippen molar-refractivity contribution in [1.29, 1.82) is 0 Å². The van der Waals surface area contributed by atoms with Gasteiger partial charge in [-0.3, -0.25) is 9.69 Å². The number of hydrogen-bond donors (Lipinski definition) is 3. The van der Waals surface area contributed by atoms with Gasteiger partial charge in [0.15, 0.2) is 0 Å². The van der Waals surface area contributed by atoms with E-state index in [1.807, 2.05) is 6.07 Å². The van der Waals surface area contributed by atoms with Crippen molar-refractivity contribution >= 4 is 29.1 Å². The van der Waals surface area contributed by atoms with Gasteiger partial charge in [0, 0.05) is 38.1 Å². The molecule has 0 aromatic heterocycles. The predicted octanol–water partition coefficient (Wildman–Crippen LogP) is 5.42. The number of amides is 1. The van der Waals surface area contributed by atoms with E-state index in [9.17, 15) is 4.79 Å². The first-order chi connectivity index (χ1) is 16.8. The molecule has 5 N–H and O–H groups in total. The Balaban J connectivity index is 0.000000247. The van der Waals surface area contributed by atoms with Crippen molar-refractivity contribution in [3.63, 3.8) is 0 Å². The number of benzene rings is 2. The van der Waals surface area contributed by atoms with Crippen LogP contribution in [0.1, 0.15) is 57.1 Å². The van der Waals surface area contributed by atoms with Crippen molar-refractivity contribution in [2.75, 3.05) is 19.6 Å². The molecule has 3 rings (SSSR count). The number of likely N-dealkylation sites (tertiary alicyclic amines) is 1. The summed E-state index contributed by atoms with van der Waals surface area (Å²) >= 11 is 11.7. The summed E-state index contributed by atoms with van der Waals surface area (Å²) in [5.74, 6) is 0.621. The third-order valence-corrected chi connectivity index (χ3v) is 7.04. The van der Waals surface area contributed by atoms with E-state index in [1.165, 1.54) is 12.0 Å². The standard InChI is InChI=1S/C15H25N3.C13H17Cl2NO/c16-10-8-15(18-11-9-14(17)12-18)7-6-13-4-2-1-3-5-13;1-9(2)3-6-13(17)16-8-10-4-5-11(14)12(15)7-10/h1-5,14-15H,6-12,16-17H2;4-5,7,9H,3,6,8H2,1-2H3,(H,16,17). The molecule has 1 saturated heterocycles. The minimum atomic E-state index is 0.0739. The van der Waals surface area contributed by atoms with Gasteiger partial charge in [-0.15, -0.1) is 0 Å². The Hall–Kier alpha value is -1.63. The number of nitrogens with two attached hydrogens (primary N) is 2. The Kier molecular flexibility index (Phi) is 13.7. The average Bonchev–Trinajstić information content (AvgIpc) is 3.28. The smallest absolute Gasteiger partial charge is 0.220 e. The van der Waals surface area contributed by atoms with E-state index < -0.39 is 0 Å². The average molecular weight is 522 g/mol. The van der Waals surface area contributed by atoms with Gasteiger partial charge >= 0.3 is 0 Å². The molecule has 1 amide bonds. The van der Waals surface area contributed by atoms with Gasteiger partial charge in [-0.25, -0.2) is 0 Å². The van der Waals surface area contributed by atoms with E-state index in [0.717, 1.165) is 50.9 Å². The summed E-state index contributed by atoms with van der Waals surface area (Å²) in [7, 11) is 0.